The molecule has 0 bridgehead atoms. The van der Waals surface area contributed by atoms with E-state index in [1.807, 2.05) is 0 Å². The van der Waals surface area contributed by atoms with Crippen molar-refractivity contribution in [3.8, 4) is 0 Å². The van der Waals surface area contributed by atoms with Gasteiger partial charge in [0, 0.05) is 12.1 Å². The van der Waals surface area contributed by atoms with Gasteiger partial charge in [0.25, 0.3) is 0 Å². The van der Waals surface area contributed by atoms with Crippen LogP contribution in [0.3, 0.4) is 0 Å². The lowest BCUT2D eigenvalue weighted by Gasteiger charge is -2.20. The van der Waals surface area contributed by atoms with Gasteiger partial charge in [0.05, 0.1) is 13.1 Å². The van der Waals surface area contributed by atoms with E-state index in [4.69, 9.17) is 4.42 Å². The van der Waals surface area contributed by atoms with Gasteiger partial charge in [-0.3, -0.25) is 4.90 Å². The second-order valence-electron chi connectivity index (χ2n) is 8.05. The molecule has 1 saturated heterocycles. The van der Waals surface area contributed by atoms with Crippen molar-refractivity contribution in [3.05, 3.63) is 23.2 Å². The number of nitrogens with one attached hydrogen (secondary N) is 1. The van der Waals surface area contributed by atoms with E-state index in [0.29, 0.717) is 5.41 Å². The second kappa shape index (κ2) is 5.53. The number of furan rings is 1. The van der Waals surface area contributed by atoms with E-state index in [9.17, 15) is 0 Å². The first-order valence-corrected chi connectivity index (χ1v) is 7.70. The number of aryl methyl sites for hydroxylation is 1. The Labute approximate surface area is 123 Å². The third-order valence-electron chi connectivity index (χ3n) is 3.99. The normalized spacial score (nSPS) is 19.7. The zero-order chi connectivity index (χ0) is 15.0. The van der Waals surface area contributed by atoms with E-state index in [2.05, 4.69) is 57.8 Å². The van der Waals surface area contributed by atoms with Gasteiger partial charge < -0.3 is 9.73 Å². The van der Waals surface area contributed by atoms with Gasteiger partial charge in [-0.05, 0) is 57.7 Å². The molecular weight excluding hydrogens is 248 g/mol. The molecule has 2 heterocycles. The van der Waals surface area contributed by atoms with Crippen LogP contribution in [0.5, 0.6) is 0 Å². The van der Waals surface area contributed by atoms with Gasteiger partial charge >= 0.3 is 0 Å². The van der Waals surface area contributed by atoms with Crippen LogP contribution in [0.15, 0.2) is 10.5 Å². The molecule has 0 spiro atoms. The fourth-order valence-electron chi connectivity index (χ4n) is 2.77. The minimum atomic E-state index is 0.123. The van der Waals surface area contributed by atoms with Crippen LogP contribution in [0.25, 0.3) is 0 Å². The molecule has 0 radical (unpaired) electrons. The summed E-state index contributed by atoms with van der Waals surface area (Å²) in [6.45, 7) is 17.5. The maximum Gasteiger partial charge on any atom is 0.120 e. The fraction of sp³-hybridized carbons (Fsp3) is 0.765. The Bertz CT molecular complexity index is 454. The SMILES string of the molecule is Cc1cc(CN2CCC(C)(C)C2)oc1CNC(C)(C)C. The third-order valence-corrected chi connectivity index (χ3v) is 3.99. The van der Waals surface area contributed by atoms with E-state index < -0.39 is 0 Å². The average Bonchev–Trinajstić information content (AvgIpc) is 2.78. The molecule has 1 fully saturated rings. The Morgan fingerprint density at radius 1 is 1.35 bits per heavy atom. The Hall–Kier alpha value is -0.800. The van der Waals surface area contributed by atoms with Gasteiger partial charge in [-0.25, -0.2) is 0 Å². The maximum atomic E-state index is 6.04. The molecule has 3 heteroatoms. The number of nitrogens with zero attached hydrogens (tertiary/aromatic N) is 1. The Kier molecular flexibility index (Phi) is 4.31. The molecule has 0 atom stereocenters. The van der Waals surface area contributed by atoms with Gasteiger partial charge in [-0.2, -0.15) is 0 Å². The van der Waals surface area contributed by atoms with Crippen molar-refractivity contribution in [2.45, 2.75) is 66.6 Å². The highest BCUT2D eigenvalue weighted by molar-refractivity contribution is 5.20. The number of hydrogen-bond donors (Lipinski definition) is 1. The highest BCUT2D eigenvalue weighted by Crippen LogP contribution is 2.30. The summed E-state index contributed by atoms with van der Waals surface area (Å²) in [5, 5.41) is 3.49. The third kappa shape index (κ3) is 4.35. The first-order valence-electron chi connectivity index (χ1n) is 7.70. The summed E-state index contributed by atoms with van der Waals surface area (Å²) in [7, 11) is 0. The number of likely N-dealkylation sites (tertiary alicyclic amines) is 1. The monoisotopic (exact) mass is 278 g/mol. The van der Waals surface area contributed by atoms with E-state index in [-0.39, 0.29) is 5.54 Å². The van der Waals surface area contributed by atoms with Crippen LogP contribution in [0.1, 0.15) is 58.1 Å². The fourth-order valence-corrected chi connectivity index (χ4v) is 2.77. The zero-order valence-electron chi connectivity index (χ0n) is 14.0. The van der Waals surface area contributed by atoms with Crippen LogP contribution >= 0.6 is 0 Å². The van der Waals surface area contributed by atoms with Gasteiger partial charge in [0.1, 0.15) is 11.5 Å². The quantitative estimate of drug-likeness (QED) is 0.910. The molecule has 2 rings (SSSR count). The van der Waals surface area contributed by atoms with Crippen LogP contribution in [-0.4, -0.2) is 23.5 Å². The van der Waals surface area contributed by atoms with Crippen molar-refractivity contribution < 1.29 is 4.42 Å². The van der Waals surface area contributed by atoms with Crippen LogP contribution in [0.4, 0.5) is 0 Å². The van der Waals surface area contributed by atoms with Crippen molar-refractivity contribution in [2.24, 2.45) is 5.41 Å². The summed E-state index contributed by atoms with van der Waals surface area (Å²) in [5.41, 5.74) is 1.84. The molecule has 1 aromatic heterocycles. The predicted octanol–water partition coefficient (Wildman–Crippen LogP) is 3.71. The molecule has 114 valence electrons. The van der Waals surface area contributed by atoms with Crippen molar-refractivity contribution in [1.29, 1.82) is 0 Å². The lowest BCUT2D eigenvalue weighted by Crippen LogP contribution is -2.35. The average molecular weight is 278 g/mol. The summed E-state index contributed by atoms with van der Waals surface area (Å²) in [6, 6.07) is 2.20. The first kappa shape index (κ1) is 15.6. The summed E-state index contributed by atoms with van der Waals surface area (Å²) >= 11 is 0. The second-order valence-corrected chi connectivity index (χ2v) is 8.05. The Morgan fingerprint density at radius 3 is 2.60 bits per heavy atom. The molecule has 20 heavy (non-hydrogen) atoms. The Morgan fingerprint density at radius 2 is 2.05 bits per heavy atom. The molecule has 0 aromatic carbocycles. The van der Waals surface area contributed by atoms with Crippen molar-refractivity contribution in [3.63, 3.8) is 0 Å². The molecule has 0 aliphatic carbocycles. The molecule has 1 aliphatic rings. The molecule has 1 aromatic rings. The summed E-state index contributed by atoms with van der Waals surface area (Å²) in [4.78, 5) is 2.50. The lowest BCUT2D eigenvalue weighted by molar-refractivity contribution is 0.258. The van der Waals surface area contributed by atoms with Crippen LogP contribution in [0, 0.1) is 12.3 Å². The van der Waals surface area contributed by atoms with Gasteiger partial charge in [-0.1, -0.05) is 13.8 Å². The van der Waals surface area contributed by atoms with Crippen LogP contribution in [0.2, 0.25) is 0 Å². The van der Waals surface area contributed by atoms with E-state index >= 15 is 0 Å². The predicted molar refractivity (Wildman–Crippen MR) is 83.7 cm³/mol. The summed E-state index contributed by atoms with van der Waals surface area (Å²) in [5.74, 6) is 2.18. The molecule has 1 aliphatic heterocycles. The largest absolute Gasteiger partial charge is 0.463 e. The molecule has 3 nitrogen and oxygen atoms in total. The number of rotatable bonds is 4. The van der Waals surface area contributed by atoms with Gasteiger partial charge in [0.15, 0.2) is 0 Å². The molecule has 1 N–H and O–H groups in total. The van der Waals surface area contributed by atoms with E-state index in [1.54, 1.807) is 0 Å². The smallest absolute Gasteiger partial charge is 0.120 e. The van der Waals surface area contributed by atoms with Crippen molar-refractivity contribution >= 4 is 0 Å². The molecule has 0 saturated carbocycles. The van der Waals surface area contributed by atoms with Gasteiger partial charge in [-0.15, -0.1) is 0 Å². The van der Waals surface area contributed by atoms with E-state index in [1.165, 1.54) is 25.1 Å². The summed E-state index contributed by atoms with van der Waals surface area (Å²) < 4.78 is 6.04. The molecular formula is C17H30N2O. The topological polar surface area (TPSA) is 28.4 Å². The van der Waals surface area contributed by atoms with Gasteiger partial charge in [0.2, 0.25) is 0 Å². The maximum absolute atomic E-state index is 6.04. The molecule has 0 amide bonds. The van der Waals surface area contributed by atoms with E-state index in [0.717, 1.165) is 24.6 Å². The highest BCUT2D eigenvalue weighted by atomic mass is 16.3. The van der Waals surface area contributed by atoms with Crippen LogP contribution < -0.4 is 5.32 Å². The van der Waals surface area contributed by atoms with Crippen molar-refractivity contribution in [2.75, 3.05) is 13.1 Å². The highest BCUT2D eigenvalue weighted by Gasteiger charge is 2.29. The Balaban J connectivity index is 1.94. The number of hydrogen-bond acceptors (Lipinski definition) is 3. The minimum Gasteiger partial charge on any atom is -0.463 e. The summed E-state index contributed by atoms with van der Waals surface area (Å²) in [6.07, 6.45) is 1.28. The standard InChI is InChI=1S/C17H30N2O/c1-13-9-14(11-19-8-7-17(5,6)12-19)20-15(13)10-18-16(2,3)4/h9,18H,7-8,10-12H2,1-6H3. The molecule has 0 unspecified atom stereocenters. The van der Waals surface area contributed by atoms with Crippen LogP contribution in [-0.2, 0) is 13.1 Å². The first-order chi connectivity index (χ1) is 9.15. The zero-order valence-corrected chi connectivity index (χ0v) is 14.0. The minimum absolute atomic E-state index is 0.123. The lowest BCUT2D eigenvalue weighted by atomic mass is 9.93. The van der Waals surface area contributed by atoms with Crippen molar-refractivity contribution in [1.82, 2.24) is 10.2 Å².